The molecule has 0 bridgehead atoms. The zero-order chi connectivity index (χ0) is 58.5. The lowest BCUT2D eigenvalue weighted by molar-refractivity contribution is 0.667. The standard InChI is InChI=1S/C81H51N5O2/c1-3-48-29-35-54(36-30-48)84(72-27-13-23-62-60-21-11-17-52(46-82)77(60)87-79(62)72)56-39-42-70-64(43-56)65-44-57(85(55-37-31-49(4-2)32-38-55)73-28-14-24-63-61-22-12-18-53(47-83)78(61)88-80(63)73)45-69-76(65)86(70)71-26-10-9-25-66(71)81(69)67-40-33-50-15-5-7-19-58(50)74(67)75-59-20-8-6-16-51(59)34-41-68(75)81/h5-45H,3-4H2,1-2H3. The number of hydrogen-bond acceptors (Lipinski definition) is 6. The molecule has 16 aromatic rings. The third kappa shape index (κ3) is 6.70. The normalized spacial score (nSPS) is 12.8. The minimum Gasteiger partial charge on any atom is -0.452 e. The van der Waals surface area contributed by atoms with Crippen molar-refractivity contribution < 1.29 is 8.83 Å². The number of rotatable bonds is 8. The minimum absolute atomic E-state index is 0.492. The molecule has 3 aromatic heterocycles. The topological polar surface area (TPSA) is 85.3 Å². The van der Waals surface area contributed by atoms with E-state index in [-0.39, 0.29) is 0 Å². The summed E-state index contributed by atoms with van der Waals surface area (Å²) in [7, 11) is 0. The molecule has 7 nitrogen and oxygen atoms in total. The Morgan fingerprint density at radius 3 is 1.39 bits per heavy atom. The molecular weight excluding hydrogens is 1070 g/mol. The number of benzene rings is 13. The maximum absolute atomic E-state index is 10.5. The van der Waals surface area contributed by atoms with Crippen LogP contribution < -0.4 is 9.80 Å². The van der Waals surface area contributed by atoms with Crippen molar-refractivity contribution in [3.63, 3.8) is 0 Å². The van der Waals surface area contributed by atoms with Crippen LogP contribution in [0.15, 0.2) is 258 Å². The van der Waals surface area contributed by atoms with E-state index in [1.54, 1.807) is 0 Å². The van der Waals surface area contributed by atoms with Crippen molar-refractivity contribution in [2.24, 2.45) is 0 Å². The molecule has 0 unspecified atom stereocenters. The van der Waals surface area contributed by atoms with Crippen molar-refractivity contribution in [2.45, 2.75) is 32.1 Å². The van der Waals surface area contributed by atoms with E-state index in [2.05, 4.69) is 259 Å². The van der Waals surface area contributed by atoms with Gasteiger partial charge in [-0.05, 0) is 164 Å². The fourth-order valence-electron chi connectivity index (χ4n) is 15.2. The van der Waals surface area contributed by atoms with Crippen LogP contribution in [0.4, 0.5) is 34.1 Å². The van der Waals surface area contributed by atoms with E-state index >= 15 is 0 Å². The predicted octanol–water partition coefficient (Wildman–Crippen LogP) is 21.4. The van der Waals surface area contributed by atoms with Gasteiger partial charge in [0, 0.05) is 55.1 Å². The van der Waals surface area contributed by atoms with Crippen LogP contribution in [-0.2, 0) is 18.3 Å². The van der Waals surface area contributed by atoms with Gasteiger partial charge in [0.05, 0.1) is 44.6 Å². The lowest BCUT2D eigenvalue weighted by atomic mass is 9.65. The molecule has 0 N–H and O–H groups in total. The fourth-order valence-corrected chi connectivity index (χ4v) is 15.2. The van der Waals surface area contributed by atoms with Crippen molar-refractivity contribution in [3.05, 3.63) is 293 Å². The summed E-state index contributed by atoms with van der Waals surface area (Å²) in [6, 6.07) is 95.1. The third-order valence-electron chi connectivity index (χ3n) is 19.2. The predicted molar refractivity (Wildman–Crippen MR) is 359 cm³/mol. The number of aryl methyl sites for hydroxylation is 2. The largest absolute Gasteiger partial charge is 0.452 e. The van der Waals surface area contributed by atoms with Crippen LogP contribution in [0, 0.1) is 22.7 Å². The molecule has 0 saturated heterocycles. The Morgan fingerprint density at radius 2 is 0.841 bits per heavy atom. The van der Waals surface area contributed by atoms with Crippen LogP contribution >= 0.6 is 0 Å². The van der Waals surface area contributed by atoms with Crippen LogP contribution in [0.5, 0.6) is 0 Å². The lowest BCUT2D eigenvalue weighted by Crippen LogP contribution is -2.33. The highest BCUT2D eigenvalue weighted by molar-refractivity contribution is 6.20. The van der Waals surface area contributed by atoms with Crippen molar-refractivity contribution in [1.82, 2.24) is 4.57 Å². The minimum atomic E-state index is -0.826. The third-order valence-corrected chi connectivity index (χ3v) is 19.2. The van der Waals surface area contributed by atoms with E-state index in [4.69, 9.17) is 8.83 Å². The van der Waals surface area contributed by atoms with Crippen LogP contribution in [-0.4, -0.2) is 4.57 Å². The Bertz CT molecular complexity index is 5680. The summed E-state index contributed by atoms with van der Waals surface area (Å²) in [5.74, 6) is 0. The molecular formula is C81H51N5O2. The highest BCUT2D eigenvalue weighted by Crippen LogP contribution is 2.64. The molecule has 1 spiro atoms. The van der Waals surface area contributed by atoms with E-state index in [0.29, 0.717) is 33.5 Å². The maximum Gasteiger partial charge on any atom is 0.159 e. The molecule has 7 heteroatoms. The molecule has 0 radical (unpaired) electrons. The zero-order valence-electron chi connectivity index (χ0n) is 48.1. The Kier molecular flexibility index (Phi) is 10.6. The molecule has 18 rings (SSSR count). The van der Waals surface area contributed by atoms with E-state index in [0.717, 1.165) is 102 Å². The molecule has 13 aromatic carbocycles. The summed E-state index contributed by atoms with van der Waals surface area (Å²) < 4.78 is 16.4. The van der Waals surface area contributed by atoms with E-state index < -0.39 is 5.41 Å². The summed E-state index contributed by atoms with van der Waals surface area (Å²) in [4.78, 5) is 4.70. The van der Waals surface area contributed by atoms with Gasteiger partial charge in [-0.1, -0.05) is 178 Å². The van der Waals surface area contributed by atoms with Crippen molar-refractivity contribution in [1.29, 1.82) is 10.5 Å². The number of aromatic nitrogens is 1. The first-order valence-corrected chi connectivity index (χ1v) is 30.2. The average Bonchev–Trinajstić information content (AvgIpc) is 1.46. The van der Waals surface area contributed by atoms with Gasteiger partial charge in [-0.25, -0.2) is 0 Å². The van der Waals surface area contributed by atoms with Gasteiger partial charge in [-0.2, -0.15) is 10.5 Å². The van der Waals surface area contributed by atoms with Gasteiger partial charge >= 0.3 is 0 Å². The first-order chi connectivity index (χ1) is 43.5. The highest BCUT2D eigenvalue weighted by Gasteiger charge is 2.52. The van der Waals surface area contributed by atoms with Gasteiger partial charge in [0.1, 0.15) is 12.1 Å². The Morgan fingerprint density at radius 1 is 0.375 bits per heavy atom. The highest BCUT2D eigenvalue weighted by atomic mass is 16.3. The summed E-state index contributed by atoms with van der Waals surface area (Å²) in [5, 5.41) is 31.5. The Labute approximate surface area is 506 Å². The summed E-state index contributed by atoms with van der Waals surface area (Å²) in [6.45, 7) is 4.38. The average molecular weight is 1130 g/mol. The maximum atomic E-state index is 10.5. The number of hydrogen-bond donors (Lipinski definition) is 0. The fraction of sp³-hybridized carbons (Fsp3) is 0.0617. The van der Waals surface area contributed by atoms with Crippen molar-refractivity contribution in [3.8, 4) is 29.0 Å². The van der Waals surface area contributed by atoms with E-state index in [1.807, 2.05) is 30.3 Å². The second-order valence-corrected chi connectivity index (χ2v) is 23.4. The van der Waals surface area contributed by atoms with Crippen molar-refractivity contribution >= 4 is 121 Å². The van der Waals surface area contributed by atoms with Gasteiger partial charge in [-0.15, -0.1) is 0 Å². The number of nitrogens with zero attached hydrogens (tertiary/aromatic N) is 5. The molecule has 4 heterocycles. The molecule has 0 saturated carbocycles. The number of para-hydroxylation sites is 5. The Balaban J connectivity index is 1.00. The molecule has 1 aliphatic carbocycles. The molecule has 88 heavy (non-hydrogen) atoms. The van der Waals surface area contributed by atoms with Gasteiger partial charge in [0.2, 0.25) is 0 Å². The van der Waals surface area contributed by atoms with Gasteiger partial charge in [0.15, 0.2) is 22.3 Å². The lowest BCUT2D eigenvalue weighted by Gasteiger charge is -2.40. The van der Waals surface area contributed by atoms with Crippen LogP contribution in [0.2, 0.25) is 0 Å². The van der Waals surface area contributed by atoms with Crippen LogP contribution in [0.25, 0.3) is 104 Å². The van der Waals surface area contributed by atoms with E-state index in [1.165, 1.54) is 60.5 Å². The van der Waals surface area contributed by atoms with Gasteiger partial charge in [0.25, 0.3) is 0 Å². The molecule has 2 aliphatic rings. The van der Waals surface area contributed by atoms with Crippen molar-refractivity contribution in [2.75, 3.05) is 9.80 Å². The van der Waals surface area contributed by atoms with Gasteiger partial charge < -0.3 is 23.2 Å². The van der Waals surface area contributed by atoms with Crippen LogP contribution in [0.1, 0.15) is 58.4 Å². The first-order valence-electron chi connectivity index (χ1n) is 30.2. The number of fused-ring (bicyclic) bond motifs is 22. The molecule has 0 fully saturated rings. The number of nitriles is 2. The smallest absolute Gasteiger partial charge is 0.159 e. The number of anilines is 6. The number of furan rings is 2. The summed E-state index contributed by atoms with van der Waals surface area (Å²) in [6.07, 6.45) is 1.80. The van der Waals surface area contributed by atoms with Crippen LogP contribution in [0.3, 0.4) is 0 Å². The summed E-state index contributed by atoms with van der Waals surface area (Å²) >= 11 is 0. The molecule has 0 amide bonds. The van der Waals surface area contributed by atoms with E-state index in [9.17, 15) is 10.5 Å². The second-order valence-electron chi connectivity index (χ2n) is 23.4. The second kappa shape index (κ2) is 18.7. The summed E-state index contributed by atoms with van der Waals surface area (Å²) in [5.41, 5.74) is 21.4. The first kappa shape index (κ1) is 49.8. The monoisotopic (exact) mass is 1130 g/mol. The molecule has 412 valence electrons. The Hall–Kier alpha value is -11.6. The molecule has 1 aliphatic heterocycles. The molecule has 0 atom stereocenters. The SMILES string of the molecule is CCc1ccc(N(c2ccc3c(c2)c2cc(N(c4ccc(CC)cc4)c4cccc5c4oc4c(C#N)cccc45)cc4c2n3-c2ccccc2C42c3ccc4ccccc4c3-c3c2ccc2ccccc32)c2cccc3c2oc2c(C#N)cccc23)cc1. The van der Waals surface area contributed by atoms with Gasteiger partial charge in [-0.3, -0.25) is 0 Å². The zero-order valence-corrected chi connectivity index (χ0v) is 48.1. The quantitative estimate of drug-likeness (QED) is 0.151.